The molecule has 2 aromatic rings. The number of nitrogens with zero attached hydrogens (tertiary/aromatic N) is 3. The average molecular weight is 380 g/mol. The van der Waals surface area contributed by atoms with E-state index < -0.39 is 5.82 Å². The van der Waals surface area contributed by atoms with Crippen molar-refractivity contribution < 1.29 is 14.0 Å². The summed E-state index contributed by atoms with van der Waals surface area (Å²) < 4.78 is 13.8. The number of carbonyl (C=O) groups is 2. The maximum absolute atomic E-state index is 13.8. The van der Waals surface area contributed by atoms with Crippen molar-refractivity contribution in [3.8, 4) is 6.07 Å². The van der Waals surface area contributed by atoms with Crippen molar-refractivity contribution in [1.82, 2.24) is 10.2 Å². The summed E-state index contributed by atoms with van der Waals surface area (Å²) >= 11 is 0. The van der Waals surface area contributed by atoms with Gasteiger partial charge in [0.15, 0.2) is 0 Å². The molecule has 0 radical (unpaired) electrons. The summed E-state index contributed by atoms with van der Waals surface area (Å²) in [4.78, 5) is 28.2. The van der Waals surface area contributed by atoms with Gasteiger partial charge >= 0.3 is 0 Å². The SMILES string of the molecule is Cc1ccccc1C(=O)NCC(=O)N1CCN(c2cccc(F)c2C#N)CC1. The van der Waals surface area contributed by atoms with Gasteiger partial charge in [0.05, 0.1) is 12.2 Å². The Hall–Kier alpha value is -3.40. The molecule has 1 aliphatic rings. The second-order valence-electron chi connectivity index (χ2n) is 6.61. The third-order valence-corrected chi connectivity index (χ3v) is 4.87. The Morgan fingerprint density at radius 1 is 1.11 bits per heavy atom. The summed E-state index contributed by atoms with van der Waals surface area (Å²) in [6.45, 7) is 3.65. The van der Waals surface area contributed by atoms with E-state index in [4.69, 9.17) is 0 Å². The van der Waals surface area contributed by atoms with Crippen LogP contribution in [0.3, 0.4) is 0 Å². The summed E-state index contributed by atoms with van der Waals surface area (Å²) in [5.74, 6) is -0.984. The molecule has 1 heterocycles. The number of carbonyl (C=O) groups excluding carboxylic acids is 2. The van der Waals surface area contributed by atoms with E-state index in [1.54, 1.807) is 29.2 Å². The van der Waals surface area contributed by atoms with Gasteiger partial charge in [0.25, 0.3) is 5.91 Å². The number of nitriles is 1. The molecule has 6 nitrogen and oxygen atoms in total. The van der Waals surface area contributed by atoms with Crippen LogP contribution in [-0.4, -0.2) is 49.4 Å². The first-order chi connectivity index (χ1) is 13.5. The summed E-state index contributed by atoms with van der Waals surface area (Å²) in [5, 5.41) is 11.9. The van der Waals surface area contributed by atoms with Gasteiger partial charge in [-0.3, -0.25) is 9.59 Å². The van der Waals surface area contributed by atoms with Gasteiger partial charge in [-0.05, 0) is 30.7 Å². The van der Waals surface area contributed by atoms with Crippen LogP contribution >= 0.6 is 0 Å². The number of amides is 2. The van der Waals surface area contributed by atoms with E-state index in [2.05, 4.69) is 5.32 Å². The molecule has 1 fully saturated rings. The van der Waals surface area contributed by atoms with Gasteiger partial charge < -0.3 is 15.1 Å². The van der Waals surface area contributed by atoms with Crippen molar-refractivity contribution in [2.75, 3.05) is 37.6 Å². The molecule has 1 N–H and O–H groups in total. The van der Waals surface area contributed by atoms with Crippen LogP contribution in [0, 0.1) is 24.1 Å². The molecule has 0 aromatic heterocycles. The monoisotopic (exact) mass is 380 g/mol. The second kappa shape index (κ2) is 8.53. The fraction of sp³-hybridized carbons (Fsp3) is 0.286. The quantitative estimate of drug-likeness (QED) is 0.881. The highest BCUT2D eigenvalue weighted by Crippen LogP contribution is 2.23. The number of halogens is 1. The zero-order valence-corrected chi connectivity index (χ0v) is 15.6. The van der Waals surface area contributed by atoms with E-state index in [9.17, 15) is 19.2 Å². The highest BCUT2D eigenvalue weighted by atomic mass is 19.1. The molecule has 0 atom stereocenters. The van der Waals surface area contributed by atoms with Crippen LogP contribution in [0.2, 0.25) is 0 Å². The molecule has 0 bridgehead atoms. The summed E-state index contributed by atoms with van der Waals surface area (Å²) in [7, 11) is 0. The van der Waals surface area contributed by atoms with Gasteiger partial charge in [-0.15, -0.1) is 0 Å². The number of hydrogen-bond acceptors (Lipinski definition) is 4. The minimum Gasteiger partial charge on any atom is -0.367 e. The molecule has 0 aliphatic carbocycles. The van der Waals surface area contributed by atoms with Crippen LogP contribution in [0.4, 0.5) is 10.1 Å². The van der Waals surface area contributed by atoms with Crippen LogP contribution in [-0.2, 0) is 4.79 Å². The lowest BCUT2D eigenvalue weighted by Gasteiger charge is -2.36. The topological polar surface area (TPSA) is 76.4 Å². The molecular weight excluding hydrogens is 359 g/mol. The maximum Gasteiger partial charge on any atom is 0.251 e. The number of rotatable bonds is 4. The summed E-state index contributed by atoms with van der Waals surface area (Å²) in [6.07, 6.45) is 0. The number of anilines is 1. The van der Waals surface area contributed by atoms with Crippen LogP contribution in [0.15, 0.2) is 42.5 Å². The third kappa shape index (κ3) is 4.12. The standard InChI is InChI=1S/C21H21FN4O2/c1-15-5-2-3-6-16(15)21(28)24-14-20(27)26-11-9-25(10-12-26)19-8-4-7-18(22)17(19)13-23/h2-8H,9-12,14H2,1H3,(H,24,28). The normalized spacial score (nSPS) is 13.8. The van der Waals surface area contributed by atoms with Gasteiger partial charge in [0.2, 0.25) is 5.91 Å². The molecule has 0 saturated carbocycles. The summed E-state index contributed by atoms with van der Waals surface area (Å²) in [5.41, 5.74) is 1.97. The Morgan fingerprint density at radius 2 is 1.82 bits per heavy atom. The lowest BCUT2D eigenvalue weighted by molar-refractivity contribution is -0.130. The molecule has 2 amide bonds. The Morgan fingerprint density at radius 3 is 2.50 bits per heavy atom. The molecule has 28 heavy (non-hydrogen) atoms. The van der Waals surface area contributed by atoms with E-state index in [1.807, 2.05) is 30.0 Å². The minimum absolute atomic E-state index is 0.0211. The number of nitrogens with one attached hydrogen (secondary N) is 1. The second-order valence-corrected chi connectivity index (χ2v) is 6.61. The minimum atomic E-state index is -0.544. The molecule has 3 rings (SSSR count). The smallest absolute Gasteiger partial charge is 0.251 e. The van der Waals surface area contributed by atoms with Crippen molar-refractivity contribution in [2.24, 2.45) is 0 Å². The molecule has 2 aromatic carbocycles. The fourth-order valence-corrected chi connectivity index (χ4v) is 3.27. The molecule has 1 saturated heterocycles. The van der Waals surface area contributed by atoms with E-state index in [1.165, 1.54) is 6.07 Å². The fourth-order valence-electron chi connectivity index (χ4n) is 3.27. The molecular formula is C21H21FN4O2. The van der Waals surface area contributed by atoms with Crippen LogP contribution in [0.25, 0.3) is 0 Å². The zero-order chi connectivity index (χ0) is 20.1. The Labute approximate surface area is 163 Å². The Kier molecular flexibility index (Phi) is 5.90. The highest BCUT2D eigenvalue weighted by molar-refractivity contribution is 5.97. The lowest BCUT2D eigenvalue weighted by Crippen LogP contribution is -2.51. The van der Waals surface area contributed by atoms with Gasteiger partial charge in [-0.25, -0.2) is 4.39 Å². The first-order valence-electron chi connectivity index (χ1n) is 9.06. The zero-order valence-electron chi connectivity index (χ0n) is 15.6. The van der Waals surface area contributed by atoms with Crippen molar-refractivity contribution >= 4 is 17.5 Å². The first kappa shape index (κ1) is 19.4. The van der Waals surface area contributed by atoms with Gasteiger partial charge in [-0.1, -0.05) is 24.3 Å². The maximum atomic E-state index is 13.8. The van der Waals surface area contributed by atoms with E-state index in [0.29, 0.717) is 37.4 Å². The van der Waals surface area contributed by atoms with Gasteiger partial charge in [-0.2, -0.15) is 5.26 Å². The molecule has 144 valence electrons. The van der Waals surface area contributed by atoms with E-state index >= 15 is 0 Å². The number of piperazine rings is 1. The number of hydrogen-bond donors (Lipinski definition) is 1. The van der Waals surface area contributed by atoms with Crippen molar-refractivity contribution in [1.29, 1.82) is 5.26 Å². The van der Waals surface area contributed by atoms with Crippen LogP contribution in [0.1, 0.15) is 21.5 Å². The Balaban J connectivity index is 1.55. The van der Waals surface area contributed by atoms with E-state index in [0.717, 1.165) is 5.56 Å². The lowest BCUT2D eigenvalue weighted by atomic mass is 10.1. The molecule has 0 unspecified atom stereocenters. The van der Waals surface area contributed by atoms with Crippen molar-refractivity contribution in [2.45, 2.75) is 6.92 Å². The third-order valence-electron chi connectivity index (χ3n) is 4.87. The Bertz CT molecular complexity index is 930. The molecule has 0 spiro atoms. The average Bonchev–Trinajstić information content (AvgIpc) is 2.72. The van der Waals surface area contributed by atoms with Gasteiger partial charge in [0, 0.05) is 31.7 Å². The largest absolute Gasteiger partial charge is 0.367 e. The molecule has 1 aliphatic heterocycles. The van der Waals surface area contributed by atoms with Crippen molar-refractivity contribution in [3.05, 3.63) is 65.0 Å². The first-order valence-corrected chi connectivity index (χ1v) is 9.06. The highest BCUT2D eigenvalue weighted by Gasteiger charge is 2.24. The molecule has 7 heteroatoms. The van der Waals surface area contributed by atoms with Crippen LogP contribution < -0.4 is 10.2 Å². The predicted molar refractivity (Wildman–Crippen MR) is 103 cm³/mol. The predicted octanol–water partition coefficient (Wildman–Crippen LogP) is 2.08. The number of benzene rings is 2. The van der Waals surface area contributed by atoms with Crippen molar-refractivity contribution in [3.63, 3.8) is 0 Å². The van der Waals surface area contributed by atoms with Crippen LogP contribution in [0.5, 0.6) is 0 Å². The van der Waals surface area contributed by atoms with E-state index in [-0.39, 0.29) is 23.9 Å². The summed E-state index contributed by atoms with van der Waals surface area (Å²) in [6, 6.07) is 13.7. The number of aryl methyl sites for hydroxylation is 1. The van der Waals surface area contributed by atoms with Gasteiger partial charge in [0.1, 0.15) is 17.4 Å².